The fraction of sp³-hybridized carbons (Fsp3) is 0.174. The molecule has 5 rings (SSSR count). The van der Waals surface area contributed by atoms with E-state index in [4.69, 9.17) is 27.9 Å². The van der Waals surface area contributed by atoms with E-state index in [2.05, 4.69) is 4.98 Å². The Balaban J connectivity index is 1.70. The first kappa shape index (κ1) is 21.0. The van der Waals surface area contributed by atoms with Crippen LogP contribution in [0.3, 0.4) is 0 Å². The summed E-state index contributed by atoms with van der Waals surface area (Å²) in [5.41, 5.74) is 1.87. The lowest BCUT2D eigenvalue weighted by atomic mass is 9.94. The standard InChI is InChI=1S/C23H16Cl2N2O4S/c1-11-8-14-9-13(3-5-17(14)31-11)20(28)18-19(12-2-4-15(24)16(25)10-12)27(22(30)21(18)29)23-26-6-7-32-23/h2-7,9-11,19,28H,8H2,1H3/b20-18+/t11-,19+/m0/s1. The summed E-state index contributed by atoms with van der Waals surface area (Å²) >= 11 is 13.5. The van der Waals surface area contributed by atoms with Crippen LogP contribution in [0.4, 0.5) is 5.13 Å². The molecule has 32 heavy (non-hydrogen) atoms. The van der Waals surface area contributed by atoms with Crippen molar-refractivity contribution >= 4 is 57.1 Å². The number of aliphatic hydroxyl groups is 1. The van der Waals surface area contributed by atoms with Crippen LogP contribution in [0, 0.1) is 0 Å². The van der Waals surface area contributed by atoms with Crippen LogP contribution in [0.15, 0.2) is 53.5 Å². The number of thiazole rings is 1. The third-order valence-electron chi connectivity index (χ3n) is 5.50. The molecule has 0 aliphatic carbocycles. The van der Waals surface area contributed by atoms with Crippen molar-refractivity contribution in [3.05, 3.63) is 80.3 Å². The molecule has 162 valence electrons. The Labute approximate surface area is 197 Å². The van der Waals surface area contributed by atoms with E-state index in [1.807, 2.05) is 6.92 Å². The van der Waals surface area contributed by atoms with Crippen molar-refractivity contribution in [1.82, 2.24) is 4.98 Å². The van der Waals surface area contributed by atoms with Gasteiger partial charge in [0.25, 0.3) is 5.78 Å². The van der Waals surface area contributed by atoms with Gasteiger partial charge < -0.3 is 9.84 Å². The Hall–Kier alpha value is -2.87. The van der Waals surface area contributed by atoms with E-state index >= 15 is 0 Å². The number of amides is 1. The van der Waals surface area contributed by atoms with Crippen molar-refractivity contribution in [3.8, 4) is 5.75 Å². The van der Waals surface area contributed by atoms with Gasteiger partial charge in [0.1, 0.15) is 17.6 Å². The van der Waals surface area contributed by atoms with Crippen LogP contribution in [0.5, 0.6) is 5.75 Å². The molecule has 1 N–H and O–H groups in total. The predicted octanol–water partition coefficient (Wildman–Crippen LogP) is 5.40. The monoisotopic (exact) mass is 486 g/mol. The highest BCUT2D eigenvalue weighted by atomic mass is 35.5. The summed E-state index contributed by atoms with van der Waals surface area (Å²) in [5.74, 6) is -1.08. The van der Waals surface area contributed by atoms with E-state index in [-0.39, 0.29) is 22.5 Å². The molecular formula is C23H16Cl2N2O4S. The molecule has 1 aromatic heterocycles. The predicted molar refractivity (Wildman–Crippen MR) is 124 cm³/mol. The Morgan fingerprint density at radius 1 is 1.19 bits per heavy atom. The Bertz CT molecular complexity index is 1290. The van der Waals surface area contributed by atoms with Crippen molar-refractivity contribution in [2.45, 2.75) is 25.5 Å². The van der Waals surface area contributed by atoms with Crippen molar-refractivity contribution in [2.24, 2.45) is 0 Å². The van der Waals surface area contributed by atoms with Gasteiger partial charge in [-0.15, -0.1) is 11.3 Å². The van der Waals surface area contributed by atoms with Gasteiger partial charge in [0, 0.05) is 23.6 Å². The maximum absolute atomic E-state index is 13.1. The maximum atomic E-state index is 13.1. The molecule has 0 unspecified atom stereocenters. The van der Waals surface area contributed by atoms with Gasteiger partial charge in [0.15, 0.2) is 5.13 Å². The average Bonchev–Trinajstić information content (AvgIpc) is 3.47. The average molecular weight is 487 g/mol. The van der Waals surface area contributed by atoms with E-state index in [1.54, 1.807) is 48.0 Å². The van der Waals surface area contributed by atoms with E-state index < -0.39 is 17.7 Å². The first-order valence-corrected chi connectivity index (χ1v) is 11.4. The number of aromatic nitrogens is 1. The second-order valence-electron chi connectivity index (χ2n) is 7.61. The van der Waals surface area contributed by atoms with E-state index in [9.17, 15) is 14.7 Å². The summed E-state index contributed by atoms with van der Waals surface area (Å²) in [6, 6.07) is 9.18. The third-order valence-corrected chi connectivity index (χ3v) is 7.01. The van der Waals surface area contributed by atoms with Gasteiger partial charge in [-0.1, -0.05) is 29.3 Å². The highest BCUT2D eigenvalue weighted by molar-refractivity contribution is 7.14. The minimum Gasteiger partial charge on any atom is -0.507 e. The summed E-state index contributed by atoms with van der Waals surface area (Å²) in [6.45, 7) is 1.96. The number of carbonyl (C=O) groups is 2. The second kappa shape index (κ2) is 7.92. The van der Waals surface area contributed by atoms with Crippen LogP contribution >= 0.6 is 34.5 Å². The number of rotatable bonds is 3. The molecule has 0 spiro atoms. The number of hydrogen-bond acceptors (Lipinski definition) is 6. The van der Waals surface area contributed by atoms with Crippen molar-refractivity contribution in [2.75, 3.05) is 4.90 Å². The first-order chi connectivity index (χ1) is 15.3. The number of benzene rings is 2. The van der Waals surface area contributed by atoms with Gasteiger partial charge in [-0.05, 0) is 48.4 Å². The minimum atomic E-state index is -0.903. The summed E-state index contributed by atoms with van der Waals surface area (Å²) < 4.78 is 5.72. The number of carbonyl (C=O) groups excluding carboxylic acids is 2. The highest BCUT2D eigenvalue weighted by Gasteiger charge is 2.48. The number of nitrogens with zero attached hydrogens (tertiary/aromatic N) is 2. The Morgan fingerprint density at radius 2 is 2.00 bits per heavy atom. The zero-order valence-corrected chi connectivity index (χ0v) is 19.0. The molecule has 1 fully saturated rings. The molecule has 0 bridgehead atoms. The number of halogens is 2. The molecule has 2 aromatic carbocycles. The molecule has 0 radical (unpaired) electrons. The summed E-state index contributed by atoms with van der Waals surface area (Å²) in [7, 11) is 0. The summed E-state index contributed by atoms with van der Waals surface area (Å²) in [4.78, 5) is 31.7. The van der Waals surface area contributed by atoms with Crippen LogP contribution in [0.1, 0.15) is 29.7 Å². The van der Waals surface area contributed by atoms with Crippen LogP contribution < -0.4 is 9.64 Å². The Kier molecular flexibility index (Phi) is 5.20. The van der Waals surface area contributed by atoms with Crippen molar-refractivity contribution in [1.29, 1.82) is 0 Å². The van der Waals surface area contributed by atoms with Gasteiger partial charge in [-0.3, -0.25) is 14.5 Å². The molecule has 2 atom stereocenters. The first-order valence-electron chi connectivity index (χ1n) is 9.80. The largest absolute Gasteiger partial charge is 0.507 e. The van der Waals surface area contributed by atoms with E-state index in [1.165, 1.54) is 16.2 Å². The molecule has 1 saturated heterocycles. The van der Waals surface area contributed by atoms with Gasteiger partial charge >= 0.3 is 5.91 Å². The Morgan fingerprint density at radius 3 is 2.72 bits per heavy atom. The van der Waals surface area contributed by atoms with E-state index in [0.717, 1.165) is 11.3 Å². The molecule has 6 nitrogen and oxygen atoms in total. The molecule has 2 aliphatic rings. The lowest BCUT2D eigenvalue weighted by Crippen LogP contribution is -2.29. The number of ketones is 1. The summed E-state index contributed by atoms with van der Waals surface area (Å²) in [5, 5.41) is 13.9. The SMILES string of the molecule is C[C@H]1Cc2cc(/C(O)=C3\C(=O)C(=O)N(c4nccs4)[C@@H]3c3ccc(Cl)c(Cl)c3)ccc2O1. The fourth-order valence-corrected chi connectivity index (χ4v) is 5.06. The highest BCUT2D eigenvalue weighted by Crippen LogP contribution is 2.44. The zero-order chi connectivity index (χ0) is 22.6. The normalized spacial score (nSPS) is 21.7. The van der Waals surface area contributed by atoms with Gasteiger partial charge in [0.05, 0.1) is 21.7 Å². The number of aliphatic hydroxyl groups excluding tert-OH is 1. The third kappa shape index (κ3) is 3.37. The topological polar surface area (TPSA) is 79.7 Å². The fourth-order valence-electron chi connectivity index (χ4n) is 4.09. The number of Topliss-reactive ketones (excluding diaryl/α,β-unsaturated/α-hetero) is 1. The lowest BCUT2D eigenvalue weighted by Gasteiger charge is -2.23. The number of anilines is 1. The quantitative estimate of drug-likeness (QED) is 0.304. The molecule has 9 heteroatoms. The molecule has 2 aliphatic heterocycles. The van der Waals surface area contributed by atoms with Gasteiger partial charge in [-0.2, -0.15) is 0 Å². The molecule has 3 aromatic rings. The minimum absolute atomic E-state index is 0.0319. The van der Waals surface area contributed by atoms with Crippen molar-refractivity contribution < 1.29 is 19.4 Å². The maximum Gasteiger partial charge on any atom is 0.301 e. The van der Waals surface area contributed by atoms with Crippen LogP contribution in [-0.4, -0.2) is 27.9 Å². The lowest BCUT2D eigenvalue weighted by molar-refractivity contribution is -0.132. The van der Waals surface area contributed by atoms with Gasteiger partial charge in [-0.25, -0.2) is 4.98 Å². The number of fused-ring (bicyclic) bond motifs is 1. The smallest absolute Gasteiger partial charge is 0.301 e. The van der Waals surface area contributed by atoms with Crippen LogP contribution in [0.2, 0.25) is 10.0 Å². The number of hydrogen-bond donors (Lipinski definition) is 1. The molecular weight excluding hydrogens is 471 g/mol. The van der Waals surface area contributed by atoms with E-state index in [0.29, 0.717) is 27.7 Å². The van der Waals surface area contributed by atoms with Crippen LogP contribution in [-0.2, 0) is 16.0 Å². The van der Waals surface area contributed by atoms with Crippen molar-refractivity contribution in [3.63, 3.8) is 0 Å². The van der Waals surface area contributed by atoms with Crippen LogP contribution in [0.25, 0.3) is 5.76 Å². The molecule has 0 saturated carbocycles. The molecule has 1 amide bonds. The summed E-state index contributed by atoms with van der Waals surface area (Å²) in [6.07, 6.45) is 2.28. The van der Waals surface area contributed by atoms with Gasteiger partial charge in [0.2, 0.25) is 0 Å². The zero-order valence-electron chi connectivity index (χ0n) is 16.7. The second-order valence-corrected chi connectivity index (χ2v) is 9.30. The molecule has 3 heterocycles. The number of ether oxygens (including phenoxy) is 1.